The highest BCUT2D eigenvalue weighted by Crippen LogP contribution is 2.66. The third kappa shape index (κ3) is 2.74. The summed E-state index contributed by atoms with van der Waals surface area (Å²) < 4.78 is 1.89. The molecular weight excluding hydrogens is 360 g/mol. The molecule has 158 valence electrons. The zero-order valence-corrected chi connectivity index (χ0v) is 18.4. The number of aromatic nitrogens is 2. The van der Waals surface area contributed by atoms with E-state index in [2.05, 4.69) is 31.9 Å². The average Bonchev–Trinajstić information content (AvgIpc) is 3.14. The Balaban J connectivity index is 1.46. The number of allylic oxidation sites excluding steroid dienone is 1. The van der Waals surface area contributed by atoms with Gasteiger partial charge in [0.1, 0.15) is 0 Å². The quantitative estimate of drug-likeness (QED) is 0.701. The summed E-state index contributed by atoms with van der Waals surface area (Å²) in [7, 11) is 1.96. The van der Waals surface area contributed by atoms with Gasteiger partial charge in [-0.1, -0.05) is 13.8 Å². The Morgan fingerprint density at radius 3 is 2.69 bits per heavy atom. The fourth-order valence-corrected chi connectivity index (χ4v) is 7.88. The van der Waals surface area contributed by atoms with E-state index in [4.69, 9.17) is 0 Å². The number of Topliss-reactive ketones (excluding diaryl/α,β-unsaturated/α-hetero) is 1. The molecule has 1 aromatic heterocycles. The molecule has 0 spiro atoms. The second-order valence-corrected chi connectivity index (χ2v) is 11.1. The van der Waals surface area contributed by atoms with Crippen LogP contribution in [0.15, 0.2) is 11.8 Å². The fraction of sp³-hybridized carbons (Fsp3) is 0.760. The number of hydrogen-bond donors (Lipinski definition) is 1. The van der Waals surface area contributed by atoms with E-state index in [1.54, 1.807) is 0 Å². The van der Waals surface area contributed by atoms with Gasteiger partial charge >= 0.3 is 0 Å². The van der Waals surface area contributed by atoms with E-state index in [1.807, 2.05) is 17.9 Å². The summed E-state index contributed by atoms with van der Waals surface area (Å²) in [6, 6.07) is 0. The summed E-state index contributed by atoms with van der Waals surface area (Å²) in [5.74, 6) is 2.94. The van der Waals surface area contributed by atoms with Crippen LogP contribution in [0.4, 0.5) is 0 Å². The van der Waals surface area contributed by atoms with Crippen LogP contribution in [0.3, 0.4) is 0 Å². The standard InChI is InChI=1S/C25H36N2O2/c1-15-17(14-26-27(15)4)11-16-12-22-20-6-5-18-13-19(28)7-9-24(18,2)21(20)8-10-25(22,3)23(16)29/h11,14,18-22,28H,5-10,12-13H2,1-4H3/b16-11+/t18-,19+,20-,21+,22+,24-,25-/m0/s1. The van der Waals surface area contributed by atoms with Gasteiger partial charge in [0.05, 0.1) is 12.3 Å². The third-order valence-electron chi connectivity index (χ3n) is 9.88. The molecular formula is C25H36N2O2. The van der Waals surface area contributed by atoms with Gasteiger partial charge in [0.2, 0.25) is 0 Å². The topological polar surface area (TPSA) is 55.1 Å². The van der Waals surface area contributed by atoms with Gasteiger partial charge in [-0.3, -0.25) is 9.48 Å². The van der Waals surface area contributed by atoms with Crippen molar-refractivity contribution in [2.75, 3.05) is 0 Å². The lowest BCUT2D eigenvalue weighted by Gasteiger charge is -2.59. The number of aliphatic hydroxyl groups excluding tert-OH is 1. The molecule has 0 amide bonds. The first-order valence-corrected chi connectivity index (χ1v) is 11.7. The van der Waals surface area contributed by atoms with Gasteiger partial charge in [0.25, 0.3) is 0 Å². The van der Waals surface area contributed by atoms with E-state index in [0.717, 1.165) is 54.9 Å². The van der Waals surface area contributed by atoms with Gasteiger partial charge in [0, 0.05) is 23.7 Å². The molecule has 0 unspecified atom stereocenters. The molecule has 29 heavy (non-hydrogen) atoms. The normalized spacial score (nSPS) is 45.8. The fourth-order valence-electron chi connectivity index (χ4n) is 7.88. The Morgan fingerprint density at radius 2 is 1.97 bits per heavy atom. The Labute approximate surface area is 174 Å². The average molecular weight is 397 g/mol. The maximum atomic E-state index is 13.5. The van der Waals surface area contributed by atoms with Gasteiger partial charge in [-0.15, -0.1) is 0 Å². The van der Waals surface area contributed by atoms with Crippen LogP contribution in [-0.2, 0) is 11.8 Å². The van der Waals surface area contributed by atoms with Crippen molar-refractivity contribution in [3.63, 3.8) is 0 Å². The Bertz CT molecular complexity index is 870. The minimum absolute atomic E-state index is 0.0937. The zero-order valence-electron chi connectivity index (χ0n) is 18.4. The lowest BCUT2D eigenvalue weighted by atomic mass is 9.45. The maximum absolute atomic E-state index is 13.5. The van der Waals surface area contributed by atoms with Gasteiger partial charge in [-0.25, -0.2) is 0 Å². The minimum atomic E-state index is -0.180. The van der Waals surface area contributed by atoms with Crippen molar-refractivity contribution in [1.29, 1.82) is 0 Å². The van der Waals surface area contributed by atoms with E-state index in [-0.39, 0.29) is 11.5 Å². The number of aliphatic hydroxyl groups is 1. The highest BCUT2D eigenvalue weighted by Gasteiger charge is 2.61. The molecule has 1 heterocycles. The zero-order chi connectivity index (χ0) is 20.6. The van der Waals surface area contributed by atoms with Crippen molar-refractivity contribution in [1.82, 2.24) is 9.78 Å². The van der Waals surface area contributed by atoms with Crippen molar-refractivity contribution < 1.29 is 9.90 Å². The first-order chi connectivity index (χ1) is 13.7. The van der Waals surface area contributed by atoms with Crippen LogP contribution in [0, 0.1) is 41.4 Å². The monoisotopic (exact) mass is 396 g/mol. The Morgan fingerprint density at radius 1 is 1.17 bits per heavy atom. The lowest BCUT2D eigenvalue weighted by Crippen LogP contribution is -2.54. The summed E-state index contributed by atoms with van der Waals surface area (Å²) in [4.78, 5) is 13.5. The van der Waals surface area contributed by atoms with Crippen LogP contribution in [0.1, 0.15) is 76.5 Å². The molecule has 4 nitrogen and oxygen atoms in total. The summed E-state index contributed by atoms with van der Waals surface area (Å²) in [5, 5.41) is 14.6. The molecule has 4 aliphatic rings. The molecule has 0 aliphatic heterocycles. The highest BCUT2D eigenvalue weighted by atomic mass is 16.3. The number of aryl methyl sites for hydroxylation is 1. The molecule has 4 fully saturated rings. The molecule has 7 atom stereocenters. The van der Waals surface area contributed by atoms with E-state index in [0.29, 0.717) is 29.0 Å². The first kappa shape index (κ1) is 19.5. The molecule has 1 aromatic rings. The molecule has 4 heteroatoms. The summed E-state index contributed by atoms with van der Waals surface area (Å²) >= 11 is 0. The molecule has 0 bridgehead atoms. The Hall–Kier alpha value is -1.42. The van der Waals surface area contributed by atoms with Gasteiger partial charge < -0.3 is 5.11 Å². The SMILES string of the molecule is Cc1c(/C=C2\C[C@@H]3[C@H]4CC[C@H]5C[C@H](O)CC[C@]5(C)[C@@H]4CC[C@]3(C)C2=O)cnn1C. The van der Waals surface area contributed by atoms with Crippen LogP contribution >= 0.6 is 0 Å². The second-order valence-electron chi connectivity index (χ2n) is 11.1. The smallest absolute Gasteiger partial charge is 0.165 e. The molecule has 4 aliphatic carbocycles. The van der Waals surface area contributed by atoms with Gasteiger partial charge in [-0.05, 0) is 99.0 Å². The van der Waals surface area contributed by atoms with Crippen molar-refractivity contribution >= 4 is 11.9 Å². The third-order valence-corrected chi connectivity index (χ3v) is 9.88. The largest absolute Gasteiger partial charge is 0.393 e. The van der Waals surface area contributed by atoms with E-state index >= 15 is 0 Å². The molecule has 4 saturated carbocycles. The van der Waals surface area contributed by atoms with E-state index in [1.165, 1.54) is 19.3 Å². The summed E-state index contributed by atoms with van der Waals surface area (Å²) in [6.45, 7) is 6.84. The number of nitrogens with zero attached hydrogens (tertiary/aromatic N) is 2. The van der Waals surface area contributed by atoms with Crippen LogP contribution in [0.25, 0.3) is 6.08 Å². The van der Waals surface area contributed by atoms with Crippen LogP contribution < -0.4 is 0 Å². The number of hydrogen-bond acceptors (Lipinski definition) is 3. The number of carbonyl (C=O) groups excluding carboxylic acids is 1. The van der Waals surface area contributed by atoms with Crippen LogP contribution in [-0.4, -0.2) is 26.8 Å². The van der Waals surface area contributed by atoms with E-state index < -0.39 is 0 Å². The first-order valence-electron chi connectivity index (χ1n) is 11.7. The van der Waals surface area contributed by atoms with Crippen LogP contribution in [0.5, 0.6) is 0 Å². The van der Waals surface area contributed by atoms with Gasteiger partial charge in [0.15, 0.2) is 5.78 Å². The molecule has 5 rings (SSSR count). The molecule has 0 aromatic carbocycles. The number of fused-ring (bicyclic) bond motifs is 5. The van der Waals surface area contributed by atoms with Crippen molar-refractivity contribution in [3.05, 3.63) is 23.0 Å². The Kier molecular flexibility index (Phi) is 4.40. The summed E-state index contributed by atoms with van der Waals surface area (Å²) in [6.07, 6.45) is 12.7. The molecule has 0 radical (unpaired) electrons. The van der Waals surface area contributed by atoms with Crippen molar-refractivity contribution in [2.24, 2.45) is 41.5 Å². The number of ketones is 1. The van der Waals surface area contributed by atoms with Crippen molar-refractivity contribution in [2.45, 2.75) is 78.2 Å². The van der Waals surface area contributed by atoms with Crippen LogP contribution in [0.2, 0.25) is 0 Å². The highest BCUT2D eigenvalue weighted by molar-refractivity contribution is 6.06. The molecule has 0 saturated heterocycles. The van der Waals surface area contributed by atoms with E-state index in [9.17, 15) is 9.90 Å². The number of rotatable bonds is 1. The minimum Gasteiger partial charge on any atom is -0.393 e. The number of carbonyl (C=O) groups is 1. The lowest BCUT2D eigenvalue weighted by molar-refractivity contribution is -0.141. The molecule has 1 N–H and O–H groups in total. The maximum Gasteiger partial charge on any atom is 0.165 e. The summed E-state index contributed by atoms with van der Waals surface area (Å²) in [5.41, 5.74) is 3.42. The predicted octanol–water partition coefficient (Wildman–Crippen LogP) is 4.69. The van der Waals surface area contributed by atoms with Gasteiger partial charge in [-0.2, -0.15) is 5.10 Å². The predicted molar refractivity (Wildman–Crippen MR) is 114 cm³/mol. The van der Waals surface area contributed by atoms with Crippen molar-refractivity contribution in [3.8, 4) is 0 Å². The second kappa shape index (κ2) is 6.54.